The van der Waals surface area contributed by atoms with E-state index in [0.717, 1.165) is 6.42 Å². The normalized spacial score (nSPS) is 27.1. The van der Waals surface area contributed by atoms with E-state index in [1.165, 1.54) is 0 Å². The second-order valence-electron chi connectivity index (χ2n) is 4.08. The van der Waals surface area contributed by atoms with Crippen LogP contribution in [0.1, 0.15) is 33.1 Å². The van der Waals surface area contributed by atoms with E-state index in [2.05, 4.69) is 13.8 Å². The predicted molar refractivity (Wildman–Crippen MR) is 50.9 cm³/mol. The Kier molecular flexibility index (Phi) is 4.35. The first kappa shape index (κ1) is 11.5. The summed E-state index contributed by atoms with van der Waals surface area (Å²) in [6.07, 6.45) is 1.42. The number of ether oxygens (including phenoxy) is 2. The molecule has 1 aliphatic rings. The van der Waals surface area contributed by atoms with E-state index in [0.29, 0.717) is 18.9 Å². The van der Waals surface area contributed by atoms with Gasteiger partial charge in [0.15, 0.2) is 6.29 Å². The maximum atomic E-state index is 10.3. The minimum absolute atomic E-state index is 0.0325. The Morgan fingerprint density at radius 2 is 2.29 bits per heavy atom. The number of rotatable bonds is 5. The van der Waals surface area contributed by atoms with Crippen molar-refractivity contribution in [3.63, 3.8) is 0 Å². The van der Waals surface area contributed by atoms with Crippen LogP contribution in [0.25, 0.3) is 0 Å². The van der Waals surface area contributed by atoms with Gasteiger partial charge in [-0.2, -0.15) is 0 Å². The molecule has 0 radical (unpaired) electrons. The maximum Gasteiger partial charge on any atom is 0.303 e. The monoisotopic (exact) mass is 202 g/mol. The van der Waals surface area contributed by atoms with Gasteiger partial charge in [-0.1, -0.05) is 13.8 Å². The molecule has 2 atom stereocenters. The predicted octanol–water partition coefficient (Wildman–Crippen LogP) is 1.64. The van der Waals surface area contributed by atoms with Gasteiger partial charge in [-0.15, -0.1) is 0 Å². The summed E-state index contributed by atoms with van der Waals surface area (Å²) in [6, 6.07) is 0. The molecular weight excluding hydrogens is 184 g/mol. The lowest BCUT2D eigenvalue weighted by Gasteiger charge is -2.12. The van der Waals surface area contributed by atoms with Gasteiger partial charge in [0.2, 0.25) is 0 Å². The molecule has 1 heterocycles. The van der Waals surface area contributed by atoms with Gasteiger partial charge < -0.3 is 14.6 Å². The second-order valence-corrected chi connectivity index (χ2v) is 4.08. The number of carboxylic acid groups (broad SMARTS) is 1. The van der Waals surface area contributed by atoms with Gasteiger partial charge in [-0.05, 0) is 12.3 Å². The summed E-state index contributed by atoms with van der Waals surface area (Å²) in [5.41, 5.74) is 0. The van der Waals surface area contributed by atoms with Crippen molar-refractivity contribution < 1.29 is 19.4 Å². The van der Waals surface area contributed by atoms with Crippen molar-refractivity contribution in [2.24, 2.45) is 5.92 Å². The highest BCUT2D eigenvalue weighted by atomic mass is 16.7. The summed E-state index contributed by atoms with van der Waals surface area (Å²) in [7, 11) is 0. The third kappa shape index (κ3) is 4.07. The molecule has 82 valence electrons. The fourth-order valence-corrected chi connectivity index (χ4v) is 1.45. The lowest BCUT2D eigenvalue weighted by atomic mass is 10.1. The first-order valence-electron chi connectivity index (χ1n) is 5.06. The van der Waals surface area contributed by atoms with Gasteiger partial charge in [-0.25, -0.2) is 0 Å². The van der Waals surface area contributed by atoms with Crippen molar-refractivity contribution in [2.75, 3.05) is 6.61 Å². The van der Waals surface area contributed by atoms with Crippen molar-refractivity contribution in [1.82, 2.24) is 0 Å². The van der Waals surface area contributed by atoms with Crippen molar-refractivity contribution >= 4 is 5.97 Å². The molecular formula is C10H18O4. The van der Waals surface area contributed by atoms with E-state index in [9.17, 15) is 4.79 Å². The summed E-state index contributed by atoms with van der Waals surface area (Å²) < 4.78 is 10.9. The average molecular weight is 202 g/mol. The Labute approximate surface area is 84.2 Å². The third-order valence-corrected chi connectivity index (χ3v) is 2.16. The van der Waals surface area contributed by atoms with Crippen LogP contribution < -0.4 is 0 Å². The SMILES string of the molecule is CC(C)CC1OCC(CCC(=O)O)O1. The van der Waals surface area contributed by atoms with Crippen LogP contribution >= 0.6 is 0 Å². The molecule has 0 bridgehead atoms. The van der Waals surface area contributed by atoms with E-state index in [1.54, 1.807) is 0 Å². The minimum atomic E-state index is -0.777. The summed E-state index contributed by atoms with van der Waals surface area (Å²) >= 11 is 0. The molecule has 1 rings (SSSR count). The fraction of sp³-hybridized carbons (Fsp3) is 0.900. The van der Waals surface area contributed by atoms with Gasteiger partial charge in [0.05, 0.1) is 12.7 Å². The van der Waals surface area contributed by atoms with Crippen LogP contribution in [0.15, 0.2) is 0 Å². The lowest BCUT2D eigenvalue weighted by molar-refractivity contribution is -0.138. The van der Waals surface area contributed by atoms with Crippen LogP contribution in [-0.4, -0.2) is 30.1 Å². The smallest absolute Gasteiger partial charge is 0.303 e. The molecule has 14 heavy (non-hydrogen) atoms. The zero-order valence-electron chi connectivity index (χ0n) is 8.73. The Morgan fingerprint density at radius 3 is 2.86 bits per heavy atom. The molecule has 0 saturated carbocycles. The lowest BCUT2D eigenvalue weighted by Crippen LogP contribution is -2.15. The van der Waals surface area contributed by atoms with Crippen molar-refractivity contribution in [3.05, 3.63) is 0 Å². The van der Waals surface area contributed by atoms with Crippen molar-refractivity contribution in [2.45, 2.75) is 45.5 Å². The fourth-order valence-electron chi connectivity index (χ4n) is 1.45. The number of carbonyl (C=O) groups is 1. The van der Waals surface area contributed by atoms with Crippen LogP contribution in [0.2, 0.25) is 0 Å². The van der Waals surface area contributed by atoms with Gasteiger partial charge in [0, 0.05) is 12.8 Å². The average Bonchev–Trinajstić information content (AvgIpc) is 2.47. The Morgan fingerprint density at radius 1 is 1.57 bits per heavy atom. The van der Waals surface area contributed by atoms with Crippen LogP contribution in [-0.2, 0) is 14.3 Å². The van der Waals surface area contributed by atoms with Crippen LogP contribution in [0, 0.1) is 5.92 Å². The molecule has 0 amide bonds. The topological polar surface area (TPSA) is 55.8 Å². The summed E-state index contributed by atoms with van der Waals surface area (Å²) in [5.74, 6) is -0.237. The second kappa shape index (κ2) is 5.32. The summed E-state index contributed by atoms with van der Waals surface area (Å²) in [5, 5.41) is 8.49. The minimum Gasteiger partial charge on any atom is -0.481 e. The van der Waals surface area contributed by atoms with E-state index >= 15 is 0 Å². The van der Waals surface area contributed by atoms with E-state index in [-0.39, 0.29) is 18.8 Å². The third-order valence-electron chi connectivity index (χ3n) is 2.16. The zero-order valence-corrected chi connectivity index (χ0v) is 8.73. The van der Waals surface area contributed by atoms with E-state index in [1.807, 2.05) is 0 Å². The highest BCUT2D eigenvalue weighted by Gasteiger charge is 2.26. The highest BCUT2D eigenvalue weighted by Crippen LogP contribution is 2.20. The standard InChI is InChI=1S/C10H18O4/c1-7(2)5-10-13-6-8(14-10)3-4-9(11)12/h7-8,10H,3-6H2,1-2H3,(H,11,12). The van der Waals surface area contributed by atoms with Crippen molar-refractivity contribution in [3.8, 4) is 0 Å². The van der Waals surface area contributed by atoms with Gasteiger partial charge in [0.25, 0.3) is 0 Å². The zero-order chi connectivity index (χ0) is 10.6. The Hall–Kier alpha value is -0.610. The number of carboxylic acids is 1. The molecule has 0 aliphatic carbocycles. The molecule has 1 aliphatic heterocycles. The molecule has 0 aromatic heterocycles. The Balaban J connectivity index is 2.17. The molecule has 0 aromatic rings. The van der Waals surface area contributed by atoms with Gasteiger partial charge in [0.1, 0.15) is 0 Å². The van der Waals surface area contributed by atoms with Crippen LogP contribution in [0.4, 0.5) is 0 Å². The van der Waals surface area contributed by atoms with Gasteiger partial charge >= 0.3 is 5.97 Å². The molecule has 1 fully saturated rings. The molecule has 1 N–H and O–H groups in total. The molecule has 2 unspecified atom stereocenters. The number of hydrogen-bond donors (Lipinski definition) is 1. The molecule has 4 heteroatoms. The molecule has 4 nitrogen and oxygen atoms in total. The van der Waals surface area contributed by atoms with Gasteiger partial charge in [-0.3, -0.25) is 4.79 Å². The van der Waals surface area contributed by atoms with Crippen molar-refractivity contribution in [1.29, 1.82) is 0 Å². The van der Waals surface area contributed by atoms with Crippen LogP contribution in [0.5, 0.6) is 0 Å². The number of aliphatic carboxylic acids is 1. The molecule has 0 spiro atoms. The Bertz CT molecular complexity index is 191. The van der Waals surface area contributed by atoms with E-state index in [4.69, 9.17) is 14.6 Å². The quantitative estimate of drug-likeness (QED) is 0.736. The molecule has 0 aromatic carbocycles. The summed E-state index contributed by atoms with van der Waals surface area (Å²) in [4.78, 5) is 10.3. The highest BCUT2D eigenvalue weighted by molar-refractivity contribution is 5.66. The largest absolute Gasteiger partial charge is 0.481 e. The molecule has 1 saturated heterocycles. The van der Waals surface area contributed by atoms with Crippen LogP contribution in [0.3, 0.4) is 0 Å². The number of hydrogen-bond acceptors (Lipinski definition) is 3. The first-order valence-corrected chi connectivity index (χ1v) is 5.06. The summed E-state index contributed by atoms with van der Waals surface area (Å²) in [6.45, 7) is 4.75. The maximum absolute atomic E-state index is 10.3. The van der Waals surface area contributed by atoms with E-state index < -0.39 is 5.97 Å². The first-order chi connectivity index (χ1) is 6.58.